The van der Waals surface area contributed by atoms with E-state index in [1.54, 1.807) is 24.5 Å². The van der Waals surface area contributed by atoms with Crippen LogP contribution in [0, 0.1) is 69.8 Å². The normalized spacial score (nSPS) is 32.4. The lowest BCUT2D eigenvalue weighted by Crippen LogP contribution is -2.51. The van der Waals surface area contributed by atoms with Gasteiger partial charge < -0.3 is 20.3 Å². The maximum atomic E-state index is 13.5. The molecular formula is C52H65F2N3O5. The third-order valence-corrected chi connectivity index (χ3v) is 14.4. The average Bonchev–Trinajstić information content (AvgIpc) is 3.64. The lowest BCUT2D eigenvalue weighted by Gasteiger charge is -2.46. The van der Waals surface area contributed by atoms with Crippen molar-refractivity contribution >= 4 is 24.1 Å². The van der Waals surface area contributed by atoms with Crippen LogP contribution in [0.4, 0.5) is 8.78 Å². The van der Waals surface area contributed by atoms with Gasteiger partial charge in [0.15, 0.2) is 0 Å². The number of benzene rings is 2. The number of cyclic esters (lactones) is 2. The number of ether oxygens (including phenoxy) is 2. The monoisotopic (exact) mass is 849 g/mol. The Bertz CT molecular complexity index is 2070. The third kappa shape index (κ3) is 9.04. The van der Waals surface area contributed by atoms with Crippen LogP contribution in [-0.4, -0.2) is 52.4 Å². The van der Waals surface area contributed by atoms with Crippen LogP contribution in [-0.2, 0) is 19.1 Å². The first-order valence-corrected chi connectivity index (χ1v) is 21.2. The molecule has 3 N–H and O–H groups in total. The molecule has 2 saturated heterocycles. The minimum Gasteiger partial charge on any atom is -0.462 e. The number of halogens is 2. The van der Waals surface area contributed by atoms with Gasteiger partial charge in [-0.2, -0.15) is 0 Å². The molecule has 12 atom stereocenters. The number of carbonyl (C=O) groups is 2. The number of nitrogens with two attached hydrogens (primary N) is 1. The van der Waals surface area contributed by atoms with E-state index < -0.39 is 10.8 Å². The molecule has 4 fully saturated rings. The molecule has 8 nitrogen and oxygen atoms in total. The Morgan fingerprint density at radius 2 is 1.08 bits per heavy atom. The van der Waals surface area contributed by atoms with Crippen LogP contribution in [0.3, 0.4) is 0 Å². The van der Waals surface area contributed by atoms with Crippen molar-refractivity contribution in [3.05, 3.63) is 120 Å². The van der Waals surface area contributed by atoms with Crippen molar-refractivity contribution in [2.24, 2.45) is 63.9 Å². The van der Waals surface area contributed by atoms with E-state index in [1.807, 2.05) is 62.4 Å². The van der Waals surface area contributed by atoms with Crippen LogP contribution in [0.15, 0.2) is 97.3 Å². The number of allylic oxidation sites excluding steroid dienone is 2. The molecule has 62 heavy (non-hydrogen) atoms. The Labute approximate surface area is 367 Å². The minimum absolute atomic E-state index is 0. The summed E-state index contributed by atoms with van der Waals surface area (Å²) in [6.45, 7) is 12.8. The number of pyridine rings is 2. The summed E-state index contributed by atoms with van der Waals surface area (Å²) in [5.41, 5.74) is 9.68. The SMILES string of the molecule is C.C.C[C@H]1[C@H](/C=C/c2ccc(-c3cccc(F)c3)cn2)[C@@H]2[C@@H](C)OC(=O)[C@]2(CN)C[C@@H]1C.C[C@H]1[C@H](/C=C/c2ccc(-c3cccc(F)c3)cn2)[C@@H]2[C@@H](C)OC(=O)[C@]2(CO)C[C@@H]1C. The van der Waals surface area contributed by atoms with Gasteiger partial charge in [-0.1, -0.05) is 91.1 Å². The number of aliphatic hydroxyl groups is 1. The van der Waals surface area contributed by atoms with Gasteiger partial charge in [0.1, 0.15) is 23.8 Å². The Morgan fingerprint density at radius 1 is 0.661 bits per heavy atom. The summed E-state index contributed by atoms with van der Waals surface area (Å²) in [5.74, 6) is 0.807. The van der Waals surface area contributed by atoms with Crippen LogP contribution in [0.25, 0.3) is 34.4 Å². The lowest BCUT2D eigenvalue weighted by molar-refractivity contribution is -0.153. The predicted octanol–water partition coefficient (Wildman–Crippen LogP) is 10.7. The smallest absolute Gasteiger partial charge is 0.315 e. The maximum Gasteiger partial charge on any atom is 0.315 e. The first kappa shape index (κ1) is 48.0. The lowest BCUT2D eigenvalue weighted by atomic mass is 9.55. The number of fused-ring (bicyclic) bond motifs is 2. The van der Waals surface area contributed by atoms with Gasteiger partial charge in [0.05, 0.1) is 28.8 Å². The van der Waals surface area contributed by atoms with E-state index in [9.17, 15) is 23.5 Å². The number of hydrogen-bond donors (Lipinski definition) is 2. The van der Waals surface area contributed by atoms with E-state index in [4.69, 9.17) is 15.2 Å². The van der Waals surface area contributed by atoms with Gasteiger partial charge >= 0.3 is 11.9 Å². The summed E-state index contributed by atoms with van der Waals surface area (Å²) in [6.07, 6.45) is 12.9. The predicted molar refractivity (Wildman–Crippen MR) is 243 cm³/mol. The Hall–Kier alpha value is -5.06. The second-order valence-electron chi connectivity index (χ2n) is 17.9. The molecule has 332 valence electrons. The molecule has 2 aromatic carbocycles. The Morgan fingerprint density at radius 3 is 1.47 bits per heavy atom. The zero-order chi connectivity index (χ0) is 42.9. The number of carbonyl (C=O) groups excluding carboxylic acids is 2. The summed E-state index contributed by atoms with van der Waals surface area (Å²) >= 11 is 0. The first-order valence-electron chi connectivity index (χ1n) is 21.2. The van der Waals surface area contributed by atoms with E-state index in [1.165, 1.54) is 24.3 Å². The van der Waals surface area contributed by atoms with Gasteiger partial charge in [0.25, 0.3) is 0 Å². The second kappa shape index (κ2) is 19.5. The summed E-state index contributed by atoms with van der Waals surface area (Å²) in [6, 6.07) is 20.7. The summed E-state index contributed by atoms with van der Waals surface area (Å²) in [5, 5.41) is 10.1. The van der Waals surface area contributed by atoms with Gasteiger partial charge in [-0.05, 0) is 122 Å². The Kier molecular flexibility index (Phi) is 15.1. The molecule has 8 rings (SSSR count). The molecule has 4 aromatic rings. The highest BCUT2D eigenvalue weighted by molar-refractivity contribution is 5.81. The minimum atomic E-state index is -0.810. The zero-order valence-electron chi connectivity index (χ0n) is 35.3. The standard InChI is InChI=1S/C25H29FN2O2.C25H28FNO3.2CH4/c1-15-12-25(14-27)23(17(3)30-24(25)29)22(16(15)2)10-9-21-8-7-19(13-28-21)18-5-4-6-20(26)11-18;1-15-12-25(14-28)23(17(3)30-24(25)29)22(16(15)2)10-9-21-8-7-19(13-27-21)18-5-4-6-20(26)11-18;;/h4-11,13,15-17,22-23H,12,14,27H2,1-3H3;4-11,13,15-17,22-23,28H,12,14H2,1-3H3;2*1H4/b2*10-9+;;/t2*15-,16+,17+,22-,23-,25-;;/m00../s1. The molecule has 2 aromatic heterocycles. The van der Waals surface area contributed by atoms with Crippen molar-refractivity contribution < 1.29 is 33.0 Å². The Balaban J connectivity index is 0.000000227. The fourth-order valence-electron chi connectivity index (χ4n) is 10.9. The van der Waals surface area contributed by atoms with Crippen molar-refractivity contribution in [2.45, 2.75) is 81.4 Å². The van der Waals surface area contributed by atoms with Crippen LogP contribution in [0.1, 0.15) is 80.6 Å². The molecule has 0 bridgehead atoms. The first-order chi connectivity index (χ1) is 28.7. The molecule has 4 heterocycles. The van der Waals surface area contributed by atoms with Gasteiger partial charge in [-0.25, -0.2) is 8.78 Å². The van der Waals surface area contributed by atoms with E-state index in [-0.39, 0.29) is 80.9 Å². The molecular weight excluding hydrogens is 785 g/mol. The van der Waals surface area contributed by atoms with Crippen LogP contribution >= 0.6 is 0 Å². The fraction of sp³-hybridized carbons (Fsp3) is 0.462. The highest BCUT2D eigenvalue weighted by atomic mass is 19.1. The highest BCUT2D eigenvalue weighted by Crippen LogP contribution is 2.57. The summed E-state index contributed by atoms with van der Waals surface area (Å²) in [7, 11) is 0. The second-order valence-corrected chi connectivity index (χ2v) is 17.9. The van der Waals surface area contributed by atoms with E-state index in [0.717, 1.165) is 40.1 Å². The fourth-order valence-corrected chi connectivity index (χ4v) is 10.9. The van der Waals surface area contributed by atoms with Crippen LogP contribution in [0.2, 0.25) is 0 Å². The van der Waals surface area contributed by atoms with Gasteiger partial charge in [0.2, 0.25) is 0 Å². The van der Waals surface area contributed by atoms with E-state index in [0.29, 0.717) is 36.6 Å². The third-order valence-electron chi connectivity index (χ3n) is 14.4. The number of hydrogen-bond acceptors (Lipinski definition) is 8. The van der Waals surface area contributed by atoms with Crippen molar-refractivity contribution in [3.63, 3.8) is 0 Å². The molecule has 2 saturated carbocycles. The number of rotatable bonds is 8. The maximum absolute atomic E-state index is 13.5. The molecule has 0 radical (unpaired) electrons. The van der Waals surface area contributed by atoms with Crippen LogP contribution < -0.4 is 5.73 Å². The van der Waals surface area contributed by atoms with E-state index in [2.05, 4.69) is 49.8 Å². The molecule has 10 heteroatoms. The van der Waals surface area contributed by atoms with Crippen molar-refractivity contribution in [3.8, 4) is 22.3 Å². The number of esters is 2. The molecule has 0 unspecified atom stereocenters. The molecule has 0 amide bonds. The van der Waals surface area contributed by atoms with Gasteiger partial charge in [-0.15, -0.1) is 0 Å². The molecule has 0 spiro atoms. The average molecular weight is 850 g/mol. The van der Waals surface area contributed by atoms with Crippen LogP contribution in [0.5, 0.6) is 0 Å². The van der Waals surface area contributed by atoms with E-state index >= 15 is 0 Å². The molecule has 2 aliphatic heterocycles. The largest absolute Gasteiger partial charge is 0.462 e. The number of aromatic nitrogens is 2. The summed E-state index contributed by atoms with van der Waals surface area (Å²) < 4.78 is 38.2. The topological polar surface area (TPSA) is 125 Å². The van der Waals surface area contributed by atoms with Gasteiger partial charge in [-0.3, -0.25) is 19.6 Å². The number of aliphatic hydroxyl groups excluding tert-OH is 1. The van der Waals surface area contributed by atoms with Gasteiger partial charge in [0, 0.05) is 41.9 Å². The molecule has 2 aliphatic carbocycles. The van der Waals surface area contributed by atoms with Crippen molar-refractivity contribution in [2.75, 3.05) is 13.2 Å². The highest BCUT2D eigenvalue weighted by Gasteiger charge is 2.63. The van der Waals surface area contributed by atoms with Crippen molar-refractivity contribution in [1.29, 1.82) is 0 Å². The quantitative estimate of drug-likeness (QED) is 0.168. The molecule has 4 aliphatic rings. The number of nitrogens with zero attached hydrogens (tertiary/aromatic N) is 2. The summed E-state index contributed by atoms with van der Waals surface area (Å²) in [4.78, 5) is 34.3. The zero-order valence-corrected chi connectivity index (χ0v) is 35.3. The van der Waals surface area contributed by atoms with Crippen molar-refractivity contribution in [1.82, 2.24) is 9.97 Å².